The van der Waals surface area contributed by atoms with Crippen LogP contribution in [0.15, 0.2) is 89.1 Å². The first-order valence-electron chi connectivity index (χ1n) is 8.88. The molecule has 0 N–H and O–H groups in total. The van der Waals surface area contributed by atoms with E-state index in [1.54, 1.807) is 24.3 Å². The third-order valence-corrected chi connectivity index (χ3v) is 5.01. The van der Waals surface area contributed by atoms with Crippen molar-refractivity contribution in [2.45, 2.75) is 0 Å². The number of hydrogen-bond donors (Lipinski definition) is 0. The van der Waals surface area contributed by atoms with Gasteiger partial charge in [0.1, 0.15) is 18.1 Å². The van der Waals surface area contributed by atoms with E-state index in [1.807, 2.05) is 66.7 Å². The number of ketones is 1. The molecule has 0 unspecified atom stereocenters. The minimum Gasteiger partial charge on any atom is -0.489 e. The minimum atomic E-state index is -0.124. The summed E-state index contributed by atoms with van der Waals surface area (Å²) < 4.78 is 12.4. The van der Waals surface area contributed by atoms with Crippen LogP contribution in [0, 0.1) is 0 Å². The Balaban J connectivity index is 1.45. The highest BCUT2D eigenvalue weighted by atomic mass is 79.9. The lowest BCUT2D eigenvalue weighted by molar-refractivity contribution is 0.101. The minimum absolute atomic E-state index is 0.124. The van der Waals surface area contributed by atoms with E-state index in [2.05, 4.69) is 15.9 Å². The highest BCUT2D eigenvalue weighted by molar-refractivity contribution is 9.10. The van der Waals surface area contributed by atoms with Crippen molar-refractivity contribution in [3.8, 4) is 11.5 Å². The summed E-state index contributed by atoms with van der Waals surface area (Å²) in [5, 5.41) is 0. The molecule has 0 fully saturated rings. The van der Waals surface area contributed by atoms with Gasteiger partial charge in [0.2, 0.25) is 5.78 Å². The highest BCUT2D eigenvalue weighted by Crippen LogP contribution is 2.35. The molecule has 1 aliphatic rings. The van der Waals surface area contributed by atoms with E-state index in [1.165, 1.54) is 0 Å². The summed E-state index contributed by atoms with van der Waals surface area (Å²) in [7, 11) is 0. The van der Waals surface area contributed by atoms with E-state index < -0.39 is 0 Å². The molecule has 0 saturated carbocycles. The van der Waals surface area contributed by atoms with Gasteiger partial charge in [-0.15, -0.1) is 0 Å². The molecule has 0 spiro atoms. The maximum atomic E-state index is 12.6. The van der Waals surface area contributed by atoms with Crippen molar-refractivity contribution < 1.29 is 14.3 Å². The van der Waals surface area contributed by atoms with Gasteiger partial charge in [-0.25, -0.2) is 0 Å². The lowest BCUT2D eigenvalue weighted by Gasteiger charge is -2.05. The Morgan fingerprint density at radius 3 is 2.57 bits per heavy atom. The molecule has 138 valence electrons. The number of allylic oxidation sites excluding steroid dienone is 1. The third-order valence-electron chi connectivity index (χ3n) is 4.29. The Labute approximate surface area is 172 Å². The van der Waals surface area contributed by atoms with Gasteiger partial charge in [-0.2, -0.15) is 0 Å². The number of hydrogen-bond acceptors (Lipinski definition) is 3. The van der Waals surface area contributed by atoms with Crippen LogP contribution >= 0.6 is 15.9 Å². The topological polar surface area (TPSA) is 35.5 Å². The zero-order valence-electron chi connectivity index (χ0n) is 15.0. The molecule has 0 amide bonds. The van der Waals surface area contributed by atoms with Crippen molar-refractivity contribution in [3.63, 3.8) is 0 Å². The molecule has 0 atom stereocenters. The first-order valence-corrected chi connectivity index (χ1v) is 9.67. The maximum absolute atomic E-state index is 12.6. The van der Waals surface area contributed by atoms with Gasteiger partial charge in [0, 0.05) is 10.5 Å². The average molecular weight is 433 g/mol. The third kappa shape index (κ3) is 4.07. The van der Waals surface area contributed by atoms with E-state index in [0.717, 1.165) is 15.6 Å². The van der Waals surface area contributed by atoms with Crippen LogP contribution in [0.5, 0.6) is 11.5 Å². The Bertz CT molecular complexity index is 1070. The SMILES string of the molecule is O=C1/C(=C/c2ccccc2Br)Oc2cc(OC/C=C/c3ccccc3)ccc21. The van der Waals surface area contributed by atoms with Gasteiger partial charge >= 0.3 is 0 Å². The standard InChI is InChI=1S/C24H17BrO3/c25-21-11-5-4-10-18(21)15-23-24(26)20-13-12-19(16-22(20)28-23)27-14-6-9-17-7-2-1-3-8-17/h1-13,15-16H,14H2/b9-6+,23-15-. The van der Waals surface area contributed by atoms with Gasteiger partial charge in [-0.1, -0.05) is 70.5 Å². The number of Topliss-reactive ketones (excluding diaryl/α,β-unsaturated/α-hetero) is 1. The second-order valence-electron chi connectivity index (χ2n) is 6.24. The molecular weight excluding hydrogens is 416 g/mol. The summed E-state index contributed by atoms with van der Waals surface area (Å²) in [6.45, 7) is 0.432. The summed E-state index contributed by atoms with van der Waals surface area (Å²) in [4.78, 5) is 12.6. The van der Waals surface area contributed by atoms with Crippen LogP contribution in [0.25, 0.3) is 12.2 Å². The first kappa shape index (κ1) is 18.3. The Morgan fingerprint density at radius 1 is 0.964 bits per heavy atom. The number of benzene rings is 3. The zero-order chi connectivity index (χ0) is 19.3. The summed E-state index contributed by atoms with van der Waals surface area (Å²) in [5.41, 5.74) is 2.56. The number of fused-ring (bicyclic) bond motifs is 1. The fourth-order valence-electron chi connectivity index (χ4n) is 2.88. The number of halogens is 1. The maximum Gasteiger partial charge on any atom is 0.231 e. The number of ether oxygens (including phenoxy) is 2. The van der Waals surface area contributed by atoms with E-state index in [4.69, 9.17) is 9.47 Å². The van der Waals surface area contributed by atoms with Crippen molar-refractivity contribution in [2.24, 2.45) is 0 Å². The molecule has 0 radical (unpaired) electrons. The van der Waals surface area contributed by atoms with Crippen LogP contribution in [0.2, 0.25) is 0 Å². The second-order valence-corrected chi connectivity index (χ2v) is 7.10. The van der Waals surface area contributed by atoms with Crippen molar-refractivity contribution >= 4 is 33.9 Å². The number of rotatable bonds is 5. The average Bonchev–Trinajstić information content (AvgIpc) is 3.03. The molecule has 1 aliphatic heterocycles. The molecular formula is C24H17BrO3. The van der Waals surface area contributed by atoms with Gasteiger partial charge in [0.05, 0.1) is 5.56 Å². The Kier molecular flexibility index (Phi) is 5.40. The molecule has 0 aromatic heterocycles. The van der Waals surface area contributed by atoms with E-state index in [-0.39, 0.29) is 5.78 Å². The summed E-state index contributed by atoms with van der Waals surface area (Å²) in [5.74, 6) is 1.36. The lowest BCUT2D eigenvalue weighted by Crippen LogP contribution is -1.98. The molecule has 4 heteroatoms. The highest BCUT2D eigenvalue weighted by Gasteiger charge is 2.27. The molecule has 0 aliphatic carbocycles. The largest absolute Gasteiger partial charge is 0.489 e. The van der Waals surface area contributed by atoms with Crippen molar-refractivity contribution in [2.75, 3.05) is 6.61 Å². The van der Waals surface area contributed by atoms with Crippen LogP contribution in [0.3, 0.4) is 0 Å². The molecule has 3 aromatic carbocycles. The fraction of sp³-hybridized carbons (Fsp3) is 0.0417. The van der Waals surface area contributed by atoms with Crippen LogP contribution in [0.1, 0.15) is 21.5 Å². The number of carbonyl (C=O) groups is 1. The summed E-state index contributed by atoms with van der Waals surface area (Å²) in [6.07, 6.45) is 5.70. The fourth-order valence-corrected chi connectivity index (χ4v) is 3.28. The summed E-state index contributed by atoms with van der Waals surface area (Å²) in [6, 6.07) is 23.0. The predicted molar refractivity (Wildman–Crippen MR) is 114 cm³/mol. The smallest absolute Gasteiger partial charge is 0.231 e. The van der Waals surface area contributed by atoms with E-state index in [9.17, 15) is 4.79 Å². The monoisotopic (exact) mass is 432 g/mol. The van der Waals surface area contributed by atoms with Crippen molar-refractivity contribution in [3.05, 3.63) is 106 Å². The van der Waals surface area contributed by atoms with Crippen LogP contribution in [0.4, 0.5) is 0 Å². The molecule has 4 rings (SSSR count). The normalized spacial score (nSPS) is 14.3. The van der Waals surface area contributed by atoms with Crippen LogP contribution < -0.4 is 9.47 Å². The quantitative estimate of drug-likeness (QED) is 0.453. The summed E-state index contributed by atoms with van der Waals surface area (Å²) >= 11 is 3.48. The van der Waals surface area contributed by atoms with Gasteiger partial charge < -0.3 is 9.47 Å². The van der Waals surface area contributed by atoms with Crippen molar-refractivity contribution in [1.82, 2.24) is 0 Å². The zero-order valence-corrected chi connectivity index (χ0v) is 16.6. The molecule has 0 bridgehead atoms. The molecule has 0 saturated heterocycles. The number of carbonyl (C=O) groups excluding carboxylic acids is 1. The predicted octanol–water partition coefficient (Wildman–Crippen LogP) is 6.16. The first-order chi connectivity index (χ1) is 13.7. The molecule has 28 heavy (non-hydrogen) atoms. The molecule has 1 heterocycles. The van der Waals surface area contributed by atoms with Crippen LogP contribution in [-0.2, 0) is 0 Å². The van der Waals surface area contributed by atoms with Gasteiger partial charge in [-0.05, 0) is 41.5 Å². The Morgan fingerprint density at radius 2 is 1.75 bits per heavy atom. The van der Waals surface area contributed by atoms with Gasteiger partial charge in [0.25, 0.3) is 0 Å². The van der Waals surface area contributed by atoms with E-state index >= 15 is 0 Å². The Hall–Kier alpha value is -3.11. The van der Waals surface area contributed by atoms with E-state index in [0.29, 0.717) is 29.4 Å². The van der Waals surface area contributed by atoms with Crippen LogP contribution in [-0.4, -0.2) is 12.4 Å². The second kappa shape index (κ2) is 8.28. The van der Waals surface area contributed by atoms with Gasteiger partial charge in [-0.3, -0.25) is 4.79 Å². The molecule has 3 nitrogen and oxygen atoms in total. The van der Waals surface area contributed by atoms with Gasteiger partial charge in [0.15, 0.2) is 5.76 Å². The molecule has 3 aromatic rings. The lowest BCUT2D eigenvalue weighted by atomic mass is 10.1. The van der Waals surface area contributed by atoms with Crippen molar-refractivity contribution in [1.29, 1.82) is 0 Å².